The second-order valence-corrected chi connectivity index (χ2v) is 8.10. The minimum Gasteiger partial charge on any atom is -0.350 e. The molecule has 3 rings (SSSR count). The summed E-state index contributed by atoms with van der Waals surface area (Å²) in [5, 5.41) is 7.18. The van der Waals surface area contributed by atoms with Crippen LogP contribution >= 0.6 is 34.3 Å². The van der Waals surface area contributed by atoms with Gasteiger partial charge in [0, 0.05) is 39.3 Å². The standard InChI is InChI=1S/C15H19ClN4OS2/c1-10-13(23-15(19-10)11-2-3-12(16)22-11)14(21)18-6-9-20-7-4-17-5-8-20/h2-3,17H,4-9H2,1H3,(H,18,21). The molecule has 2 N–H and O–H groups in total. The highest BCUT2D eigenvalue weighted by molar-refractivity contribution is 7.24. The van der Waals surface area contributed by atoms with Crippen LogP contribution in [0.2, 0.25) is 4.34 Å². The van der Waals surface area contributed by atoms with E-state index in [0.29, 0.717) is 11.4 Å². The number of piperazine rings is 1. The first-order chi connectivity index (χ1) is 11.1. The number of rotatable bonds is 5. The number of carbonyl (C=O) groups is 1. The molecule has 0 aromatic carbocycles. The Kier molecular flexibility index (Phi) is 5.66. The van der Waals surface area contributed by atoms with E-state index in [1.165, 1.54) is 22.7 Å². The first-order valence-electron chi connectivity index (χ1n) is 7.58. The predicted molar refractivity (Wildman–Crippen MR) is 96.8 cm³/mol. The van der Waals surface area contributed by atoms with Gasteiger partial charge in [0.2, 0.25) is 0 Å². The van der Waals surface area contributed by atoms with Crippen molar-refractivity contribution < 1.29 is 4.79 Å². The lowest BCUT2D eigenvalue weighted by atomic mass is 10.3. The molecule has 5 nitrogen and oxygen atoms in total. The second kappa shape index (κ2) is 7.72. The molecule has 0 spiro atoms. The number of aryl methyl sites for hydroxylation is 1. The molecule has 1 amide bonds. The van der Waals surface area contributed by atoms with Crippen LogP contribution in [0.3, 0.4) is 0 Å². The monoisotopic (exact) mass is 370 g/mol. The number of nitrogens with zero attached hydrogens (tertiary/aromatic N) is 2. The van der Waals surface area contributed by atoms with Crippen molar-refractivity contribution in [2.24, 2.45) is 0 Å². The maximum Gasteiger partial charge on any atom is 0.263 e. The third-order valence-electron chi connectivity index (χ3n) is 3.71. The van der Waals surface area contributed by atoms with Gasteiger partial charge in [-0.05, 0) is 19.1 Å². The van der Waals surface area contributed by atoms with Crippen LogP contribution in [0, 0.1) is 6.92 Å². The van der Waals surface area contributed by atoms with Crippen molar-refractivity contribution in [2.45, 2.75) is 6.92 Å². The van der Waals surface area contributed by atoms with Crippen LogP contribution in [-0.2, 0) is 0 Å². The lowest BCUT2D eigenvalue weighted by Gasteiger charge is -2.27. The summed E-state index contributed by atoms with van der Waals surface area (Å²) >= 11 is 8.87. The number of amides is 1. The van der Waals surface area contributed by atoms with Crippen molar-refractivity contribution in [3.8, 4) is 9.88 Å². The normalized spacial score (nSPS) is 15.7. The summed E-state index contributed by atoms with van der Waals surface area (Å²) in [7, 11) is 0. The number of thiazole rings is 1. The van der Waals surface area contributed by atoms with Gasteiger partial charge in [-0.15, -0.1) is 22.7 Å². The number of halogens is 1. The molecule has 0 saturated carbocycles. The van der Waals surface area contributed by atoms with Gasteiger partial charge in [-0.2, -0.15) is 0 Å². The summed E-state index contributed by atoms with van der Waals surface area (Å²) in [6.07, 6.45) is 0. The molecule has 8 heteroatoms. The first-order valence-corrected chi connectivity index (χ1v) is 9.59. The average molecular weight is 371 g/mol. The van der Waals surface area contributed by atoms with Crippen molar-refractivity contribution in [1.29, 1.82) is 0 Å². The topological polar surface area (TPSA) is 57.3 Å². The molecule has 124 valence electrons. The average Bonchev–Trinajstić information content (AvgIpc) is 3.14. The fourth-order valence-electron chi connectivity index (χ4n) is 2.48. The Morgan fingerprint density at radius 3 is 2.87 bits per heavy atom. The first kappa shape index (κ1) is 16.9. The number of hydrogen-bond donors (Lipinski definition) is 2. The van der Waals surface area contributed by atoms with E-state index in [0.717, 1.165) is 52.6 Å². The third kappa shape index (κ3) is 4.30. The molecule has 3 heterocycles. The molecule has 2 aromatic rings. The summed E-state index contributed by atoms with van der Waals surface area (Å²) in [5.74, 6) is -0.0379. The maximum atomic E-state index is 12.4. The number of hydrogen-bond acceptors (Lipinski definition) is 6. The highest BCUT2D eigenvalue weighted by atomic mass is 35.5. The van der Waals surface area contributed by atoms with Crippen LogP contribution in [0.5, 0.6) is 0 Å². The zero-order valence-corrected chi connectivity index (χ0v) is 15.3. The minimum atomic E-state index is -0.0379. The maximum absolute atomic E-state index is 12.4. The van der Waals surface area contributed by atoms with E-state index >= 15 is 0 Å². The third-order valence-corrected chi connectivity index (χ3v) is 6.27. The molecule has 23 heavy (non-hydrogen) atoms. The van der Waals surface area contributed by atoms with E-state index in [2.05, 4.69) is 20.5 Å². The van der Waals surface area contributed by atoms with E-state index in [1.807, 2.05) is 19.1 Å². The summed E-state index contributed by atoms with van der Waals surface area (Å²) in [4.78, 5) is 20.9. The largest absolute Gasteiger partial charge is 0.350 e. The van der Waals surface area contributed by atoms with Gasteiger partial charge in [0.25, 0.3) is 5.91 Å². The summed E-state index contributed by atoms with van der Waals surface area (Å²) < 4.78 is 0.731. The predicted octanol–water partition coefficient (Wildman–Crippen LogP) is 2.47. The van der Waals surface area contributed by atoms with Gasteiger partial charge in [-0.25, -0.2) is 4.98 Å². The summed E-state index contributed by atoms with van der Waals surface area (Å²) in [6, 6.07) is 3.79. The van der Waals surface area contributed by atoms with E-state index in [9.17, 15) is 4.79 Å². The van der Waals surface area contributed by atoms with Crippen LogP contribution in [0.15, 0.2) is 12.1 Å². The zero-order valence-electron chi connectivity index (χ0n) is 12.9. The smallest absolute Gasteiger partial charge is 0.263 e. The van der Waals surface area contributed by atoms with Gasteiger partial charge in [-0.3, -0.25) is 9.69 Å². The Hall–Kier alpha value is -0.990. The Morgan fingerprint density at radius 1 is 1.39 bits per heavy atom. The van der Waals surface area contributed by atoms with Crippen molar-refractivity contribution in [1.82, 2.24) is 20.5 Å². The number of thiophene rings is 1. The minimum absolute atomic E-state index is 0.0379. The summed E-state index contributed by atoms with van der Waals surface area (Å²) in [6.45, 7) is 7.55. The van der Waals surface area contributed by atoms with Gasteiger partial charge >= 0.3 is 0 Å². The number of nitrogens with one attached hydrogen (secondary N) is 2. The quantitative estimate of drug-likeness (QED) is 0.848. The molecular formula is C15H19ClN4OS2. The van der Waals surface area contributed by atoms with Crippen molar-refractivity contribution in [3.63, 3.8) is 0 Å². The number of aromatic nitrogens is 1. The molecule has 0 atom stereocenters. The summed E-state index contributed by atoms with van der Waals surface area (Å²) in [5.41, 5.74) is 0.772. The van der Waals surface area contributed by atoms with Crippen LogP contribution in [0.4, 0.5) is 0 Å². The Labute approximate surface area is 148 Å². The molecule has 1 fully saturated rings. The Morgan fingerprint density at radius 2 is 2.17 bits per heavy atom. The fourth-order valence-corrected chi connectivity index (χ4v) is 4.56. The van der Waals surface area contributed by atoms with Gasteiger partial charge in [-0.1, -0.05) is 11.6 Å². The lowest BCUT2D eigenvalue weighted by Crippen LogP contribution is -2.46. The highest BCUT2D eigenvalue weighted by Gasteiger charge is 2.17. The Balaban J connectivity index is 1.57. The molecule has 0 aliphatic carbocycles. The van der Waals surface area contributed by atoms with Gasteiger partial charge in [0.1, 0.15) is 9.88 Å². The van der Waals surface area contributed by atoms with Crippen molar-refractivity contribution >= 4 is 40.2 Å². The highest BCUT2D eigenvalue weighted by Crippen LogP contribution is 2.34. The molecule has 0 unspecified atom stereocenters. The molecule has 1 saturated heterocycles. The van der Waals surface area contributed by atoms with Crippen LogP contribution < -0.4 is 10.6 Å². The van der Waals surface area contributed by atoms with Crippen LogP contribution in [0.1, 0.15) is 15.4 Å². The van der Waals surface area contributed by atoms with Crippen molar-refractivity contribution in [2.75, 3.05) is 39.3 Å². The zero-order chi connectivity index (χ0) is 16.2. The molecule has 1 aliphatic heterocycles. The van der Waals surface area contributed by atoms with E-state index in [-0.39, 0.29) is 5.91 Å². The molecular weight excluding hydrogens is 352 g/mol. The number of carbonyl (C=O) groups excluding carboxylic acids is 1. The molecule has 2 aromatic heterocycles. The van der Waals surface area contributed by atoms with Gasteiger partial charge in [0.15, 0.2) is 0 Å². The van der Waals surface area contributed by atoms with Crippen LogP contribution in [-0.4, -0.2) is 55.1 Å². The lowest BCUT2D eigenvalue weighted by molar-refractivity contribution is 0.0950. The Bertz CT molecular complexity index is 679. The van der Waals surface area contributed by atoms with E-state index < -0.39 is 0 Å². The van der Waals surface area contributed by atoms with E-state index in [1.54, 1.807) is 0 Å². The molecule has 1 aliphatic rings. The molecule has 0 radical (unpaired) electrons. The molecule has 0 bridgehead atoms. The SMILES string of the molecule is Cc1nc(-c2ccc(Cl)s2)sc1C(=O)NCCN1CCNCC1. The fraction of sp³-hybridized carbons (Fsp3) is 0.467. The second-order valence-electron chi connectivity index (χ2n) is 5.38. The van der Waals surface area contributed by atoms with E-state index in [4.69, 9.17) is 11.6 Å². The van der Waals surface area contributed by atoms with Crippen LogP contribution in [0.25, 0.3) is 9.88 Å². The van der Waals surface area contributed by atoms with Crippen molar-refractivity contribution in [3.05, 3.63) is 27.0 Å². The van der Waals surface area contributed by atoms with Gasteiger partial charge < -0.3 is 10.6 Å². The van der Waals surface area contributed by atoms with Gasteiger partial charge in [0.05, 0.1) is 14.9 Å².